The first-order valence-electron chi connectivity index (χ1n) is 9.51. The second kappa shape index (κ2) is 8.44. The maximum Gasteiger partial charge on any atom is 0.162 e. The van der Waals surface area contributed by atoms with E-state index in [-0.39, 0.29) is 5.78 Å². The van der Waals surface area contributed by atoms with Gasteiger partial charge < -0.3 is 4.90 Å². The van der Waals surface area contributed by atoms with Crippen molar-refractivity contribution in [1.82, 2.24) is 4.90 Å². The molecule has 0 saturated carbocycles. The number of carbonyl (C=O) groups excluding carboxylic acids is 1. The summed E-state index contributed by atoms with van der Waals surface area (Å²) in [5.41, 5.74) is 4.80. The van der Waals surface area contributed by atoms with Crippen LogP contribution in [0, 0.1) is 13.8 Å². The lowest BCUT2D eigenvalue weighted by molar-refractivity contribution is 0.0972. The lowest BCUT2D eigenvalue weighted by Gasteiger charge is -2.32. The van der Waals surface area contributed by atoms with E-state index < -0.39 is 0 Å². The maximum atomic E-state index is 12.4. The lowest BCUT2D eigenvalue weighted by atomic mass is 9.89. The quantitative estimate of drug-likeness (QED) is 0.681. The summed E-state index contributed by atoms with van der Waals surface area (Å²) in [6, 6.07) is 16.9. The van der Waals surface area contributed by atoms with Gasteiger partial charge in [-0.2, -0.15) is 0 Å². The summed E-state index contributed by atoms with van der Waals surface area (Å²) in [5.74, 6) is 0.983. The first-order chi connectivity index (χ1) is 12.1. The van der Waals surface area contributed by atoms with Gasteiger partial charge in [0.15, 0.2) is 5.78 Å². The number of hydrogen-bond donors (Lipinski definition) is 0. The molecule has 2 heteroatoms. The summed E-state index contributed by atoms with van der Waals surface area (Å²) < 4.78 is 0. The van der Waals surface area contributed by atoms with Crippen molar-refractivity contribution < 1.29 is 4.79 Å². The van der Waals surface area contributed by atoms with Gasteiger partial charge in [-0.25, -0.2) is 0 Å². The number of hydrogen-bond acceptors (Lipinski definition) is 2. The van der Waals surface area contributed by atoms with Gasteiger partial charge in [0.25, 0.3) is 0 Å². The number of piperidine rings is 1. The zero-order valence-electron chi connectivity index (χ0n) is 15.5. The Morgan fingerprint density at radius 1 is 1.00 bits per heavy atom. The summed E-state index contributed by atoms with van der Waals surface area (Å²) in [4.78, 5) is 14.9. The van der Waals surface area contributed by atoms with Crippen LogP contribution in [0.1, 0.15) is 58.6 Å². The maximum absolute atomic E-state index is 12.4. The van der Waals surface area contributed by atoms with Crippen LogP contribution in [0.3, 0.4) is 0 Å². The summed E-state index contributed by atoms with van der Waals surface area (Å²) in [7, 11) is 0. The number of likely N-dealkylation sites (tertiary alicyclic amines) is 1. The Labute approximate surface area is 151 Å². The fraction of sp³-hybridized carbons (Fsp3) is 0.435. The molecule has 3 rings (SSSR count). The Hall–Kier alpha value is -1.93. The molecule has 1 aliphatic rings. The van der Waals surface area contributed by atoms with Crippen LogP contribution in [0.15, 0.2) is 48.5 Å². The van der Waals surface area contributed by atoms with Gasteiger partial charge in [0.05, 0.1) is 0 Å². The molecule has 0 unspecified atom stereocenters. The number of ketones is 1. The van der Waals surface area contributed by atoms with Gasteiger partial charge in [0.2, 0.25) is 0 Å². The van der Waals surface area contributed by atoms with Gasteiger partial charge in [-0.15, -0.1) is 0 Å². The molecule has 0 N–H and O–H groups in total. The minimum Gasteiger partial charge on any atom is -0.303 e. The summed E-state index contributed by atoms with van der Waals surface area (Å²) in [5, 5.41) is 0. The predicted octanol–water partition coefficient (Wildman–Crippen LogP) is 5.15. The summed E-state index contributed by atoms with van der Waals surface area (Å²) in [6.45, 7) is 7.50. The van der Waals surface area contributed by atoms with E-state index >= 15 is 0 Å². The third-order valence-corrected chi connectivity index (χ3v) is 5.57. The van der Waals surface area contributed by atoms with Crippen molar-refractivity contribution in [3.05, 3.63) is 70.8 Å². The van der Waals surface area contributed by atoms with Crippen molar-refractivity contribution in [2.24, 2.45) is 0 Å². The van der Waals surface area contributed by atoms with Crippen molar-refractivity contribution >= 4 is 5.78 Å². The number of rotatable bonds is 6. The van der Waals surface area contributed by atoms with Crippen LogP contribution in [-0.4, -0.2) is 30.3 Å². The highest BCUT2D eigenvalue weighted by Gasteiger charge is 2.20. The molecule has 1 fully saturated rings. The fourth-order valence-electron chi connectivity index (χ4n) is 3.74. The molecule has 2 nitrogen and oxygen atoms in total. The van der Waals surface area contributed by atoms with Crippen LogP contribution in [0.4, 0.5) is 0 Å². The van der Waals surface area contributed by atoms with Crippen molar-refractivity contribution in [2.45, 2.75) is 45.4 Å². The normalized spacial score (nSPS) is 16.1. The Morgan fingerprint density at radius 3 is 2.40 bits per heavy atom. The average Bonchev–Trinajstić information content (AvgIpc) is 2.65. The smallest absolute Gasteiger partial charge is 0.162 e. The molecule has 1 aliphatic heterocycles. The minimum absolute atomic E-state index is 0.280. The van der Waals surface area contributed by atoms with E-state index in [2.05, 4.69) is 55.1 Å². The molecule has 132 valence electrons. The minimum atomic E-state index is 0.280. The molecule has 25 heavy (non-hydrogen) atoms. The monoisotopic (exact) mass is 335 g/mol. The van der Waals surface area contributed by atoms with E-state index in [1.54, 1.807) is 0 Å². The first kappa shape index (κ1) is 17.9. The van der Waals surface area contributed by atoms with Gasteiger partial charge in [0, 0.05) is 12.0 Å². The van der Waals surface area contributed by atoms with Gasteiger partial charge in [-0.05, 0) is 81.4 Å². The van der Waals surface area contributed by atoms with Crippen LogP contribution < -0.4 is 0 Å². The van der Waals surface area contributed by atoms with Gasteiger partial charge >= 0.3 is 0 Å². The van der Waals surface area contributed by atoms with E-state index in [9.17, 15) is 4.79 Å². The van der Waals surface area contributed by atoms with Crippen molar-refractivity contribution in [3.8, 4) is 0 Å². The number of Topliss-reactive ketones (excluding diaryl/α,β-unsaturated/α-hetero) is 1. The van der Waals surface area contributed by atoms with Crippen molar-refractivity contribution in [3.63, 3.8) is 0 Å². The fourth-order valence-corrected chi connectivity index (χ4v) is 3.74. The van der Waals surface area contributed by atoms with Crippen molar-refractivity contribution in [2.75, 3.05) is 19.6 Å². The Kier molecular flexibility index (Phi) is 6.04. The van der Waals surface area contributed by atoms with E-state index in [1.165, 1.54) is 29.5 Å². The van der Waals surface area contributed by atoms with Crippen molar-refractivity contribution in [1.29, 1.82) is 0 Å². The number of carbonyl (C=O) groups is 1. The van der Waals surface area contributed by atoms with Crippen LogP contribution >= 0.6 is 0 Å². The lowest BCUT2D eigenvalue weighted by Crippen LogP contribution is -2.33. The molecule has 0 aromatic heterocycles. The Morgan fingerprint density at radius 2 is 1.72 bits per heavy atom. The predicted molar refractivity (Wildman–Crippen MR) is 104 cm³/mol. The molecule has 2 aromatic carbocycles. The highest BCUT2D eigenvalue weighted by molar-refractivity contribution is 5.96. The van der Waals surface area contributed by atoms with E-state index in [1.807, 2.05) is 12.1 Å². The van der Waals surface area contributed by atoms with Gasteiger partial charge in [0.1, 0.15) is 0 Å². The first-order valence-corrected chi connectivity index (χ1v) is 9.51. The molecule has 2 aromatic rings. The van der Waals surface area contributed by atoms with E-state index in [0.717, 1.165) is 31.6 Å². The molecule has 0 radical (unpaired) electrons. The molecular weight excluding hydrogens is 306 g/mol. The second-order valence-electron chi connectivity index (χ2n) is 7.35. The molecule has 0 atom stereocenters. The number of nitrogens with zero attached hydrogens (tertiary/aromatic N) is 1. The molecule has 1 saturated heterocycles. The molecule has 0 amide bonds. The Balaban J connectivity index is 1.41. The molecule has 0 spiro atoms. The standard InChI is InChI=1S/C23H29NO/c1-18-10-11-22(17-19(18)2)23(25)9-6-14-24-15-12-21(13-16-24)20-7-4-3-5-8-20/h3-5,7-8,10-11,17,21H,6,9,12-16H2,1-2H3. The van der Waals surface area contributed by atoms with E-state index in [0.29, 0.717) is 12.3 Å². The molecule has 0 aliphatic carbocycles. The second-order valence-corrected chi connectivity index (χ2v) is 7.35. The summed E-state index contributed by atoms with van der Waals surface area (Å²) in [6.07, 6.45) is 4.08. The third-order valence-electron chi connectivity index (χ3n) is 5.57. The van der Waals surface area contributed by atoms with Crippen LogP contribution in [0.5, 0.6) is 0 Å². The Bertz CT molecular complexity index is 699. The SMILES string of the molecule is Cc1ccc(C(=O)CCCN2CCC(c3ccccc3)CC2)cc1C. The molecule has 0 bridgehead atoms. The van der Waals surface area contributed by atoms with E-state index in [4.69, 9.17) is 0 Å². The third kappa shape index (κ3) is 4.79. The highest BCUT2D eigenvalue weighted by Crippen LogP contribution is 2.27. The van der Waals surface area contributed by atoms with Crippen LogP contribution in [-0.2, 0) is 0 Å². The topological polar surface area (TPSA) is 20.3 Å². The van der Waals surface area contributed by atoms with Crippen LogP contribution in [0.2, 0.25) is 0 Å². The zero-order valence-corrected chi connectivity index (χ0v) is 15.5. The number of benzene rings is 2. The molecule has 1 heterocycles. The van der Waals surface area contributed by atoms with Gasteiger partial charge in [-0.3, -0.25) is 4.79 Å². The van der Waals surface area contributed by atoms with Crippen LogP contribution in [0.25, 0.3) is 0 Å². The largest absolute Gasteiger partial charge is 0.303 e. The molecular formula is C23H29NO. The average molecular weight is 335 g/mol. The van der Waals surface area contributed by atoms with Gasteiger partial charge in [-0.1, -0.05) is 42.5 Å². The zero-order chi connectivity index (χ0) is 17.6. The summed E-state index contributed by atoms with van der Waals surface area (Å²) >= 11 is 0. The highest BCUT2D eigenvalue weighted by atomic mass is 16.1. The number of aryl methyl sites for hydroxylation is 2.